The van der Waals surface area contributed by atoms with Gasteiger partial charge in [0.05, 0.1) is 0 Å². The molecule has 0 fully saturated rings. The van der Waals surface area contributed by atoms with Crippen LogP contribution in [0.15, 0.2) is 54.6 Å². The highest BCUT2D eigenvalue weighted by atomic mass is 16.3. The average molecular weight is 311 g/mol. The summed E-state index contributed by atoms with van der Waals surface area (Å²) in [5.41, 5.74) is 1.96. The molecule has 0 spiro atoms. The Kier molecular flexibility index (Phi) is 6.24. The van der Waals surface area contributed by atoms with Crippen LogP contribution in [0.3, 0.4) is 0 Å². The summed E-state index contributed by atoms with van der Waals surface area (Å²) < 4.78 is 0. The van der Waals surface area contributed by atoms with Gasteiger partial charge in [0.15, 0.2) is 11.5 Å². The van der Waals surface area contributed by atoms with Crippen LogP contribution in [0.2, 0.25) is 0 Å². The smallest absolute Gasteiger partial charge is 0.243 e. The van der Waals surface area contributed by atoms with Crippen molar-refractivity contribution in [3.63, 3.8) is 0 Å². The van der Waals surface area contributed by atoms with E-state index < -0.39 is 0 Å². The fourth-order valence-electron chi connectivity index (χ4n) is 2.19. The number of hydrogen-bond acceptors (Lipinski definition) is 3. The molecule has 0 heterocycles. The lowest BCUT2D eigenvalue weighted by Gasteiger charge is -2.03. The fourth-order valence-corrected chi connectivity index (χ4v) is 2.19. The highest BCUT2D eigenvalue weighted by molar-refractivity contribution is 5.91. The minimum Gasteiger partial charge on any atom is -0.504 e. The van der Waals surface area contributed by atoms with E-state index in [-0.39, 0.29) is 17.4 Å². The van der Waals surface area contributed by atoms with Gasteiger partial charge in [0.25, 0.3) is 0 Å². The maximum atomic E-state index is 11.7. The minimum atomic E-state index is -0.200. The summed E-state index contributed by atoms with van der Waals surface area (Å²) >= 11 is 0. The first-order valence-corrected chi connectivity index (χ1v) is 7.67. The van der Waals surface area contributed by atoms with Gasteiger partial charge in [0.2, 0.25) is 5.91 Å². The van der Waals surface area contributed by atoms with Gasteiger partial charge in [-0.15, -0.1) is 0 Å². The minimum absolute atomic E-state index is 0.169. The summed E-state index contributed by atoms with van der Waals surface area (Å²) in [6.07, 6.45) is 5.98. The molecule has 0 atom stereocenters. The third-order valence-corrected chi connectivity index (χ3v) is 3.46. The molecule has 1 amide bonds. The van der Waals surface area contributed by atoms with Crippen LogP contribution in [0.5, 0.6) is 11.5 Å². The first-order chi connectivity index (χ1) is 11.1. The van der Waals surface area contributed by atoms with Crippen molar-refractivity contribution in [1.29, 1.82) is 0 Å². The number of unbranched alkanes of at least 4 members (excludes halogenated alkanes) is 1. The quantitative estimate of drug-likeness (QED) is 0.418. The second-order valence-electron chi connectivity index (χ2n) is 5.32. The van der Waals surface area contributed by atoms with Crippen LogP contribution in [0.25, 0.3) is 6.08 Å². The molecular weight excluding hydrogens is 290 g/mol. The molecule has 0 unspecified atom stereocenters. The number of aromatic hydroxyl groups is 2. The van der Waals surface area contributed by atoms with E-state index in [0.717, 1.165) is 19.3 Å². The molecule has 0 saturated carbocycles. The molecule has 0 aromatic heterocycles. The predicted octanol–water partition coefficient (Wildman–Crippen LogP) is 3.25. The van der Waals surface area contributed by atoms with E-state index in [1.54, 1.807) is 12.1 Å². The summed E-state index contributed by atoms with van der Waals surface area (Å²) in [5.74, 6) is -0.546. The molecule has 2 rings (SSSR count). The summed E-state index contributed by atoms with van der Waals surface area (Å²) in [6, 6.07) is 14.7. The van der Waals surface area contributed by atoms with E-state index in [9.17, 15) is 15.0 Å². The van der Waals surface area contributed by atoms with Gasteiger partial charge in [-0.3, -0.25) is 4.79 Å². The van der Waals surface area contributed by atoms with Crippen molar-refractivity contribution in [1.82, 2.24) is 5.32 Å². The van der Waals surface area contributed by atoms with Crippen molar-refractivity contribution in [2.24, 2.45) is 0 Å². The topological polar surface area (TPSA) is 69.6 Å². The molecule has 0 bridgehead atoms. The van der Waals surface area contributed by atoms with Crippen LogP contribution in [-0.2, 0) is 11.2 Å². The van der Waals surface area contributed by atoms with Crippen molar-refractivity contribution < 1.29 is 15.0 Å². The Morgan fingerprint density at radius 3 is 2.52 bits per heavy atom. The number of amides is 1. The number of benzene rings is 2. The Hall–Kier alpha value is -2.75. The number of nitrogens with one attached hydrogen (secondary N) is 1. The Morgan fingerprint density at radius 1 is 1.00 bits per heavy atom. The third-order valence-electron chi connectivity index (χ3n) is 3.46. The van der Waals surface area contributed by atoms with Crippen LogP contribution < -0.4 is 5.32 Å². The van der Waals surface area contributed by atoms with Gasteiger partial charge in [-0.25, -0.2) is 0 Å². The van der Waals surface area contributed by atoms with Crippen LogP contribution in [0, 0.1) is 0 Å². The van der Waals surface area contributed by atoms with E-state index in [1.807, 2.05) is 18.2 Å². The molecule has 2 aromatic rings. The van der Waals surface area contributed by atoms with Crippen LogP contribution in [-0.4, -0.2) is 22.7 Å². The van der Waals surface area contributed by atoms with E-state index in [0.29, 0.717) is 12.1 Å². The number of hydrogen-bond donors (Lipinski definition) is 3. The average Bonchev–Trinajstić information content (AvgIpc) is 2.56. The zero-order valence-corrected chi connectivity index (χ0v) is 12.9. The fraction of sp³-hybridized carbons (Fsp3) is 0.211. The molecule has 0 saturated heterocycles. The standard InChI is InChI=1S/C19H21NO3/c21-17-11-9-16(14-18(17)22)10-12-19(23)20-13-5-4-8-15-6-2-1-3-7-15/h1-3,6-7,9-12,14,21-22H,4-5,8,13H2,(H,20,23). The van der Waals surface area contributed by atoms with E-state index in [4.69, 9.17) is 0 Å². The summed E-state index contributed by atoms with van der Waals surface area (Å²) in [4.78, 5) is 11.7. The summed E-state index contributed by atoms with van der Waals surface area (Å²) in [6.45, 7) is 0.636. The van der Waals surface area contributed by atoms with Crippen molar-refractivity contribution in [3.8, 4) is 11.5 Å². The lowest BCUT2D eigenvalue weighted by molar-refractivity contribution is -0.116. The number of rotatable bonds is 7. The number of phenols is 2. The monoisotopic (exact) mass is 311 g/mol. The molecule has 0 aliphatic carbocycles. The van der Waals surface area contributed by atoms with E-state index >= 15 is 0 Å². The first kappa shape index (κ1) is 16.6. The van der Waals surface area contributed by atoms with Gasteiger partial charge in [-0.2, -0.15) is 0 Å². The van der Waals surface area contributed by atoms with Crippen LogP contribution in [0.4, 0.5) is 0 Å². The maximum absolute atomic E-state index is 11.7. The van der Waals surface area contributed by atoms with E-state index in [2.05, 4.69) is 17.4 Å². The second-order valence-corrected chi connectivity index (χ2v) is 5.32. The number of aryl methyl sites for hydroxylation is 1. The van der Waals surface area contributed by atoms with Gasteiger partial charge in [-0.05, 0) is 48.6 Å². The van der Waals surface area contributed by atoms with Gasteiger partial charge >= 0.3 is 0 Å². The largest absolute Gasteiger partial charge is 0.504 e. The van der Waals surface area contributed by atoms with Crippen molar-refractivity contribution >= 4 is 12.0 Å². The van der Waals surface area contributed by atoms with Gasteiger partial charge < -0.3 is 15.5 Å². The van der Waals surface area contributed by atoms with Gasteiger partial charge in [0.1, 0.15) is 0 Å². The Bertz CT molecular complexity index is 666. The lowest BCUT2D eigenvalue weighted by atomic mass is 10.1. The SMILES string of the molecule is O=C(C=Cc1ccc(O)c(O)c1)NCCCCc1ccccc1. The molecule has 120 valence electrons. The highest BCUT2D eigenvalue weighted by Gasteiger charge is 1.99. The Labute approximate surface area is 136 Å². The Morgan fingerprint density at radius 2 is 1.78 bits per heavy atom. The predicted molar refractivity (Wildman–Crippen MR) is 91.2 cm³/mol. The molecule has 23 heavy (non-hydrogen) atoms. The third kappa shape index (κ3) is 5.87. The van der Waals surface area contributed by atoms with Gasteiger partial charge in [0, 0.05) is 12.6 Å². The zero-order chi connectivity index (χ0) is 16.5. The van der Waals surface area contributed by atoms with Crippen molar-refractivity contribution in [3.05, 3.63) is 65.7 Å². The molecule has 0 radical (unpaired) electrons. The normalized spacial score (nSPS) is 10.8. The Balaban J connectivity index is 1.66. The molecule has 0 aliphatic rings. The van der Waals surface area contributed by atoms with E-state index in [1.165, 1.54) is 23.8 Å². The lowest BCUT2D eigenvalue weighted by Crippen LogP contribution is -2.22. The highest BCUT2D eigenvalue weighted by Crippen LogP contribution is 2.25. The summed E-state index contributed by atoms with van der Waals surface area (Å²) in [5, 5.41) is 21.4. The molecular formula is C19H21NO3. The number of carbonyl (C=O) groups excluding carboxylic acids is 1. The van der Waals surface area contributed by atoms with Crippen molar-refractivity contribution in [2.75, 3.05) is 6.54 Å². The first-order valence-electron chi connectivity index (χ1n) is 7.67. The molecule has 2 aromatic carbocycles. The maximum Gasteiger partial charge on any atom is 0.243 e. The summed E-state index contributed by atoms with van der Waals surface area (Å²) in [7, 11) is 0. The molecule has 4 nitrogen and oxygen atoms in total. The molecule has 4 heteroatoms. The second kappa shape index (κ2) is 8.63. The number of carbonyl (C=O) groups is 1. The molecule has 3 N–H and O–H groups in total. The zero-order valence-electron chi connectivity index (χ0n) is 12.9. The van der Waals surface area contributed by atoms with Crippen LogP contribution >= 0.6 is 0 Å². The number of phenolic OH excluding ortho intramolecular Hbond substituents is 2. The van der Waals surface area contributed by atoms with Crippen molar-refractivity contribution in [2.45, 2.75) is 19.3 Å². The molecule has 0 aliphatic heterocycles. The van der Waals surface area contributed by atoms with Gasteiger partial charge in [-0.1, -0.05) is 36.4 Å². The van der Waals surface area contributed by atoms with Crippen LogP contribution in [0.1, 0.15) is 24.0 Å².